The summed E-state index contributed by atoms with van der Waals surface area (Å²) in [6.07, 6.45) is 2.20. The number of aryl methyl sites for hydroxylation is 1. The second-order valence-electron chi connectivity index (χ2n) is 11.8. The third-order valence-electron chi connectivity index (χ3n) is 8.13. The van der Waals surface area contributed by atoms with Gasteiger partial charge >= 0.3 is 10.4 Å². The van der Waals surface area contributed by atoms with Gasteiger partial charge in [-0.1, -0.05) is 5.16 Å². The Hall–Kier alpha value is -3.84. The Bertz CT molecular complexity index is 1640. The molecule has 0 bridgehead atoms. The molecule has 2 fully saturated rings. The van der Waals surface area contributed by atoms with Gasteiger partial charge in [0.25, 0.3) is 11.8 Å². The Labute approximate surface area is 263 Å². The number of nitrogens with one attached hydrogen (secondary N) is 1. The van der Waals surface area contributed by atoms with E-state index in [1.807, 2.05) is 18.2 Å². The molecule has 16 nitrogen and oxygen atoms in total. The van der Waals surface area contributed by atoms with Gasteiger partial charge in [-0.25, -0.2) is 4.98 Å². The van der Waals surface area contributed by atoms with Crippen molar-refractivity contribution >= 4 is 50.2 Å². The van der Waals surface area contributed by atoms with Crippen LogP contribution >= 0.6 is 11.3 Å². The zero-order chi connectivity index (χ0) is 32.7. The maximum absolute atomic E-state index is 13.3. The molecule has 5 rings (SSSR count). The van der Waals surface area contributed by atoms with Crippen LogP contribution in [0.4, 0.5) is 5.13 Å². The lowest BCUT2D eigenvalue weighted by molar-refractivity contribution is -0.218. The Morgan fingerprint density at radius 2 is 2.09 bits per heavy atom. The van der Waals surface area contributed by atoms with Crippen molar-refractivity contribution in [3.8, 4) is 5.75 Å². The Kier molecular flexibility index (Phi) is 9.05. The molecule has 0 spiro atoms. The van der Waals surface area contributed by atoms with E-state index >= 15 is 0 Å². The predicted octanol–water partition coefficient (Wildman–Crippen LogP) is 0.511. The number of amides is 2. The number of nitrogens with two attached hydrogens (primary N) is 3. The van der Waals surface area contributed by atoms with E-state index in [4.69, 9.17) is 31.3 Å². The van der Waals surface area contributed by atoms with Crippen LogP contribution in [0.1, 0.15) is 56.9 Å². The molecule has 244 valence electrons. The van der Waals surface area contributed by atoms with Crippen LogP contribution in [-0.4, -0.2) is 82.8 Å². The average Bonchev–Trinajstić information content (AvgIpc) is 3.40. The number of β-lactam (4-membered cyclic amide) rings is 1. The number of carbonyl (C=O) groups excluding carboxylic acids is 2. The molecule has 3 aliphatic rings. The number of hydroxylamine groups is 2. The monoisotopic (exact) mass is 664 g/mol. The number of oxime groups is 1. The fourth-order valence-electron chi connectivity index (χ4n) is 5.39. The molecule has 1 aromatic heterocycles. The van der Waals surface area contributed by atoms with E-state index in [1.165, 1.54) is 19.2 Å². The average molecular weight is 665 g/mol. The minimum absolute atomic E-state index is 0.111. The van der Waals surface area contributed by atoms with E-state index in [9.17, 15) is 18.0 Å². The first-order valence-electron chi connectivity index (χ1n) is 14.3. The fraction of sp³-hybridized carbons (Fsp3) is 0.519. The molecule has 0 radical (unpaired) electrons. The molecular formula is C27H36N8O8S2. The van der Waals surface area contributed by atoms with Crippen LogP contribution in [0.3, 0.4) is 0 Å². The lowest BCUT2D eigenvalue weighted by Gasteiger charge is -2.50. The molecule has 1 saturated heterocycles. The summed E-state index contributed by atoms with van der Waals surface area (Å²) in [4.78, 5) is 40.3. The Morgan fingerprint density at radius 3 is 2.71 bits per heavy atom. The van der Waals surface area contributed by atoms with Crippen LogP contribution in [0.2, 0.25) is 0 Å². The molecule has 8 N–H and O–H groups in total. The van der Waals surface area contributed by atoms with Gasteiger partial charge in [0.15, 0.2) is 16.9 Å². The van der Waals surface area contributed by atoms with Gasteiger partial charge < -0.3 is 32.1 Å². The fourth-order valence-corrected chi connectivity index (χ4v) is 6.39. The summed E-state index contributed by atoms with van der Waals surface area (Å²) in [7, 11) is -4.96. The number of carbonyl (C=O) groups is 2. The molecule has 2 amide bonds. The van der Waals surface area contributed by atoms with E-state index in [1.54, 1.807) is 6.92 Å². The van der Waals surface area contributed by atoms with Crippen molar-refractivity contribution in [3.63, 3.8) is 0 Å². The number of hydrogen-bond acceptors (Lipinski definition) is 13. The van der Waals surface area contributed by atoms with Gasteiger partial charge in [-0.3, -0.25) is 19.1 Å². The Morgan fingerprint density at radius 1 is 1.36 bits per heavy atom. The van der Waals surface area contributed by atoms with Gasteiger partial charge in [-0.15, -0.1) is 15.6 Å². The van der Waals surface area contributed by atoms with Crippen molar-refractivity contribution in [2.75, 3.05) is 12.3 Å². The number of rotatable bonds is 11. The van der Waals surface area contributed by atoms with Crippen LogP contribution in [0, 0.1) is 5.92 Å². The van der Waals surface area contributed by atoms with E-state index in [2.05, 4.69) is 24.7 Å². The molecular weight excluding hydrogens is 628 g/mol. The first kappa shape index (κ1) is 32.6. The molecule has 1 aliphatic carbocycles. The van der Waals surface area contributed by atoms with E-state index < -0.39 is 46.0 Å². The van der Waals surface area contributed by atoms with Crippen molar-refractivity contribution in [2.24, 2.45) is 27.5 Å². The van der Waals surface area contributed by atoms with Crippen molar-refractivity contribution in [2.45, 2.75) is 76.3 Å². The number of aromatic nitrogens is 1. The topological polar surface area (TPSA) is 247 Å². The second-order valence-corrected chi connectivity index (χ2v) is 13.7. The minimum Gasteiger partial charge on any atom is -0.486 e. The first-order chi connectivity index (χ1) is 21.2. The van der Waals surface area contributed by atoms with E-state index in [-0.39, 0.29) is 22.6 Å². The molecule has 18 heteroatoms. The quantitative estimate of drug-likeness (QED) is 0.0725. The number of nitrogen functional groups attached to an aromatic ring is 1. The molecule has 2 aliphatic heterocycles. The molecule has 2 aromatic rings. The summed E-state index contributed by atoms with van der Waals surface area (Å²) in [5.41, 5.74) is 18.1. The summed E-state index contributed by atoms with van der Waals surface area (Å²) in [5, 5.41) is 8.71. The van der Waals surface area contributed by atoms with Crippen LogP contribution in [0.5, 0.6) is 5.75 Å². The first-order valence-corrected chi connectivity index (χ1v) is 16.5. The summed E-state index contributed by atoms with van der Waals surface area (Å²) in [6, 6.07) is 4.69. The molecule has 3 atom stereocenters. The number of amidine groups is 1. The van der Waals surface area contributed by atoms with Crippen LogP contribution in [-0.2, 0) is 35.5 Å². The maximum atomic E-state index is 13.3. The number of thiazole rings is 1. The zero-order valence-corrected chi connectivity index (χ0v) is 26.5. The molecule has 1 aromatic carbocycles. The number of fused-ring (bicyclic) bond motifs is 1. The number of benzene rings is 1. The van der Waals surface area contributed by atoms with Crippen molar-refractivity contribution in [3.05, 3.63) is 40.4 Å². The predicted molar refractivity (Wildman–Crippen MR) is 165 cm³/mol. The lowest BCUT2D eigenvalue weighted by atomic mass is 9.81. The number of hydrogen-bond donors (Lipinski definition) is 5. The van der Waals surface area contributed by atoms with Crippen LogP contribution < -0.4 is 27.3 Å². The zero-order valence-electron chi connectivity index (χ0n) is 24.9. The van der Waals surface area contributed by atoms with Gasteiger partial charge in [0.05, 0.1) is 11.6 Å². The lowest BCUT2D eigenvalue weighted by Crippen LogP contribution is -2.76. The van der Waals surface area contributed by atoms with Gasteiger partial charge in [-0.2, -0.15) is 13.5 Å². The summed E-state index contributed by atoms with van der Waals surface area (Å²) >= 11 is 1.08. The Balaban J connectivity index is 1.24. The second kappa shape index (κ2) is 12.5. The largest absolute Gasteiger partial charge is 0.486 e. The number of ether oxygens (including phenoxy) is 1. The van der Waals surface area contributed by atoms with E-state index in [0.29, 0.717) is 42.0 Å². The highest BCUT2D eigenvalue weighted by Gasteiger charge is 2.58. The van der Waals surface area contributed by atoms with Crippen LogP contribution in [0.25, 0.3) is 0 Å². The highest BCUT2D eigenvalue weighted by Crippen LogP contribution is 2.34. The molecule has 1 saturated carbocycles. The van der Waals surface area contributed by atoms with Gasteiger partial charge in [0.1, 0.15) is 29.4 Å². The number of aliphatic imine (C=N–C) groups is 1. The van der Waals surface area contributed by atoms with Crippen molar-refractivity contribution < 1.29 is 36.4 Å². The van der Waals surface area contributed by atoms with Crippen molar-refractivity contribution in [1.29, 1.82) is 0 Å². The summed E-state index contributed by atoms with van der Waals surface area (Å²) < 4.78 is 41.7. The summed E-state index contributed by atoms with van der Waals surface area (Å²) in [5.74, 6) is -0.0364. The third kappa shape index (κ3) is 7.04. The smallest absolute Gasteiger partial charge is 0.418 e. The molecule has 45 heavy (non-hydrogen) atoms. The SMILES string of the molecule is CC(O/N=C(\C(=O)NC1C(=O)N(OS(=O)(=O)O)C1(C)C)c1csc(N)n1)C1CCc2cc(C(N)=NC3CC(CN)C3)ccc2O1. The highest BCUT2D eigenvalue weighted by molar-refractivity contribution is 7.80. The van der Waals surface area contributed by atoms with Gasteiger partial charge in [0, 0.05) is 10.9 Å². The van der Waals surface area contributed by atoms with E-state index in [0.717, 1.165) is 35.3 Å². The van der Waals surface area contributed by atoms with Crippen molar-refractivity contribution in [1.82, 2.24) is 15.4 Å². The third-order valence-corrected chi connectivity index (χ3v) is 9.14. The molecule has 3 unspecified atom stereocenters. The normalized spacial score (nSPS) is 25.4. The standard InChI is InChI=1S/C27H36N8O8S2/c1-13(19-6-4-15-10-16(5-7-20(15)41-19)23(29)31-17-8-14(9-17)11-28)42-34-21(18-12-44-26(30)32-18)24(36)33-22-25(37)35(27(22,2)3)43-45(38,39)40/h5,7,10,12-14,17,19,22H,4,6,8-9,11,28H2,1-3H3,(H2,29,31)(H2,30,32)(H,33,36)(H,38,39,40)/b34-21-. The maximum Gasteiger partial charge on any atom is 0.418 e. The minimum atomic E-state index is -4.96. The van der Waals surface area contributed by atoms with Gasteiger partial charge in [0.2, 0.25) is 0 Å². The van der Waals surface area contributed by atoms with Crippen LogP contribution in [0.15, 0.2) is 33.7 Å². The molecule has 3 heterocycles. The van der Waals surface area contributed by atoms with Gasteiger partial charge in [-0.05, 0) is 82.7 Å². The number of anilines is 1. The number of nitrogens with zero attached hydrogens (tertiary/aromatic N) is 4. The highest BCUT2D eigenvalue weighted by atomic mass is 32.3. The summed E-state index contributed by atoms with van der Waals surface area (Å²) in [6.45, 7) is 5.30.